The number of hydrogen-bond acceptors (Lipinski definition) is 2. The van der Waals surface area contributed by atoms with Crippen LogP contribution < -0.4 is 0 Å². The highest BCUT2D eigenvalue weighted by Crippen LogP contribution is 2.43. The summed E-state index contributed by atoms with van der Waals surface area (Å²) >= 11 is 0. The molecule has 1 heterocycles. The van der Waals surface area contributed by atoms with E-state index in [1.807, 2.05) is 0 Å². The van der Waals surface area contributed by atoms with Crippen LogP contribution in [0.25, 0.3) is 27.6 Å². The Morgan fingerprint density at radius 1 is 0.857 bits per heavy atom. The second-order valence-corrected chi connectivity index (χ2v) is 5.74. The second-order valence-electron chi connectivity index (χ2n) is 5.74. The number of benzene rings is 3. The fourth-order valence-electron chi connectivity index (χ4n) is 3.60. The van der Waals surface area contributed by atoms with Gasteiger partial charge in [0.1, 0.15) is 12.4 Å². The summed E-state index contributed by atoms with van der Waals surface area (Å²) in [5.41, 5.74) is 2.13. The minimum absolute atomic E-state index is 0.366. The Balaban J connectivity index is 1.86. The number of ether oxygens (including phenoxy) is 2. The van der Waals surface area contributed by atoms with Gasteiger partial charge >= 0.3 is 0 Å². The molecule has 0 unspecified atom stereocenters. The lowest BCUT2D eigenvalue weighted by atomic mass is 9.91. The lowest BCUT2D eigenvalue weighted by molar-refractivity contribution is 0.0168. The number of rotatable bonds is 0. The molecule has 21 heavy (non-hydrogen) atoms. The fourth-order valence-corrected chi connectivity index (χ4v) is 3.60. The van der Waals surface area contributed by atoms with Gasteiger partial charge in [-0.1, -0.05) is 54.6 Å². The lowest BCUT2D eigenvalue weighted by Gasteiger charge is -2.21. The summed E-state index contributed by atoms with van der Waals surface area (Å²) in [5.74, 6) is 0. The van der Waals surface area contributed by atoms with E-state index in [-0.39, 0.29) is 5.60 Å². The van der Waals surface area contributed by atoms with Crippen molar-refractivity contribution in [3.63, 3.8) is 0 Å². The molecular formula is C19H14O2. The smallest absolute Gasteiger partial charge is 0.148 e. The molecule has 1 spiro atoms. The van der Waals surface area contributed by atoms with Gasteiger partial charge in [-0.15, -0.1) is 0 Å². The molecule has 1 fully saturated rings. The zero-order valence-corrected chi connectivity index (χ0v) is 11.5. The number of fused-ring (bicyclic) bond motifs is 6. The summed E-state index contributed by atoms with van der Waals surface area (Å²) in [6.07, 6.45) is 4.32. The summed E-state index contributed by atoms with van der Waals surface area (Å²) < 4.78 is 11.3. The number of hydrogen-bond donors (Lipinski definition) is 0. The summed E-state index contributed by atoms with van der Waals surface area (Å²) in [4.78, 5) is 0. The van der Waals surface area contributed by atoms with Crippen LogP contribution in [0.2, 0.25) is 0 Å². The molecule has 0 aromatic heterocycles. The van der Waals surface area contributed by atoms with Gasteiger partial charge in [-0.2, -0.15) is 0 Å². The third kappa shape index (κ3) is 1.44. The molecule has 1 atom stereocenters. The van der Waals surface area contributed by atoms with E-state index < -0.39 is 0 Å². The van der Waals surface area contributed by atoms with Crippen molar-refractivity contribution >= 4 is 27.6 Å². The monoisotopic (exact) mass is 274 g/mol. The van der Waals surface area contributed by atoms with E-state index in [4.69, 9.17) is 9.47 Å². The highest BCUT2D eigenvalue weighted by atomic mass is 16.7. The summed E-state index contributed by atoms with van der Waals surface area (Å²) in [6, 6.07) is 17.4. The summed E-state index contributed by atoms with van der Waals surface area (Å²) in [7, 11) is 0. The van der Waals surface area contributed by atoms with E-state index >= 15 is 0 Å². The molecule has 2 heteroatoms. The molecular weight excluding hydrogens is 260 g/mol. The van der Waals surface area contributed by atoms with Crippen LogP contribution in [0.1, 0.15) is 11.1 Å². The molecule has 2 nitrogen and oxygen atoms in total. The average Bonchev–Trinajstić information content (AvgIpc) is 3.16. The SMILES string of the molecule is C1=C[C@]2(COCO2)c2ccc3c(ccc4ccccc43)c21. The van der Waals surface area contributed by atoms with Gasteiger partial charge < -0.3 is 9.47 Å². The Labute approximate surface area is 122 Å². The Bertz CT molecular complexity index is 902. The molecule has 0 saturated carbocycles. The molecule has 0 amide bonds. The first-order valence-corrected chi connectivity index (χ1v) is 7.23. The van der Waals surface area contributed by atoms with Crippen molar-refractivity contribution in [2.75, 3.05) is 13.4 Å². The molecule has 2 aliphatic rings. The summed E-state index contributed by atoms with van der Waals surface area (Å²) in [5, 5.41) is 5.17. The van der Waals surface area contributed by atoms with Gasteiger partial charge in [0, 0.05) is 0 Å². The maximum absolute atomic E-state index is 5.86. The maximum atomic E-state index is 5.86. The van der Waals surface area contributed by atoms with Crippen molar-refractivity contribution in [3.8, 4) is 0 Å². The van der Waals surface area contributed by atoms with Crippen molar-refractivity contribution < 1.29 is 9.47 Å². The molecule has 102 valence electrons. The van der Waals surface area contributed by atoms with E-state index in [0.29, 0.717) is 13.4 Å². The maximum Gasteiger partial charge on any atom is 0.148 e. The minimum Gasteiger partial charge on any atom is -0.352 e. The van der Waals surface area contributed by atoms with Crippen LogP contribution in [-0.4, -0.2) is 13.4 Å². The normalized spacial score (nSPS) is 23.4. The molecule has 1 saturated heterocycles. The standard InChI is InChI=1S/C19H14O2/c1-2-4-14-13(3-1)5-6-16-15(14)7-8-18-17(16)9-10-19(18)11-20-12-21-19/h1-10H,11-12H2/t19-/m0/s1. The lowest BCUT2D eigenvalue weighted by Crippen LogP contribution is -2.23. The van der Waals surface area contributed by atoms with E-state index in [2.05, 4.69) is 60.7 Å². The zero-order chi connectivity index (χ0) is 13.9. The quantitative estimate of drug-likeness (QED) is 0.571. The molecule has 5 rings (SSSR count). The molecule has 0 N–H and O–H groups in total. The van der Waals surface area contributed by atoms with Crippen LogP contribution in [0.5, 0.6) is 0 Å². The molecule has 1 aliphatic heterocycles. The van der Waals surface area contributed by atoms with E-state index in [1.54, 1.807) is 0 Å². The van der Waals surface area contributed by atoms with Crippen LogP contribution in [0.4, 0.5) is 0 Å². The van der Waals surface area contributed by atoms with Crippen molar-refractivity contribution in [2.24, 2.45) is 0 Å². The molecule has 0 bridgehead atoms. The van der Waals surface area contributed by atoms with E-state index in [9.17, 15) is 0 Å². The first-order chi connectivity index (χ1) is 10.4. The Kier molecular flexibility index (Phi) is 2.16. The molecule has 3 aromatic carbocycles. The zero-order valence-electron chi connectivity index (χ0n) is 11.5. The van der Waals surface area contributed by atoms with Gasteiger partial charge in [0.2, 0.25) is 0 Å². The largest absolute Gasteiger partial charge is 0.352 e. The predicted molar refractivity (Wildman–Crippen MR) is 84.1 cm³/mol. The second kappa shape index (κ2) is 3.94. The van der Waals surface area contributed by atoms with E-state index in [1.165, 1.54) is 32.7 Å². The van der Waals surface area contributed by atoms with E-state index in [0.717, 1.165) is 0 Å². The average molecular weight is 274 g/mol. The van der Waals surface area contributed by atoms with Crippen molar-refractivity contribution in [2.45, 2.75) is 5.60 Å². The first-order valence-electron chi connectivity index (χ1n) is 7.23. The predicted octanol–water partition coefficient (Wildman–Crippen LogP) is 4.22. The Hall–Kier alpha value is -2.16. The van der Waals surface area contributed by atoms with Gasteiger partial charge in [0.05, 0.1) is 6.61 Å². The van der Waals surface area contributed by atoms with Gasteiger partial charge in [0.25, 0.3) is 0 Å². The van der Waals surface area contributed by atoms with Gasteiger partial charge in [-0.05, 0) is 38.7 Å². The van der Waals surface area contributed by atoms with Crippen LogP contribution in [0.3, 0.4) is 0 Å². The van der Waals surface area contributed by atoms with Gasteiger partial charge in [-0.25, -0.2) is 0 Å². The topological polar surface area (TPSA) is 18.5 Å². The Morgan fingerprint density at radius 2 is 1.76 bits per heavy atom. The third-order valence-electron chi connectivity index (χ3n) is 4.66. The van der Waals surface area contributed by atoms with Crippen molar-refractivity contribution in [1.82, 2.24) is 0 Å². The highest BCUT2D eigenvalue weighted by Gasteiger charge is 2.40. The molecule has 0 radical (unpaired) electrons. The van der Waals surface area contributed by atoms with Crippen LogP contribution in [0.15, 0.2) is 54.6 Å². The molecule has 1 aliphatic carbocycles. The Morgan fingerprint density at radius 3 is 2.67 bits per heavy atom. The van der Waals surface area contributed by atoms with Crippen molar-refractivity contribution in [3.05, 3.63) is 65.7 Å². The highest BCUT2D eigenvalue weighted by molar-refractivity contribution is 6.10. The fraction of sp³-hybridized carbons (Fsp3) is 0.158. The van der Waals surface area contributed by atoms with Crippen LogP contribution >= 0.6 is 0 Å². The van der Waals surface area contributed by atoms with Crippen LogP contribution in [0, 0.1) is 0 Å². The van der Waals surface area contributed by atoms with Crippen LogP contribution in [-0.2, 0) is 15.1 Å². The van der Waals surface area contributed by atoms with Gasteiger partial charge in [0.15, 0.2) is 0 Å². The molecule has 3 aromatic rings. The third-order valence-corrected chi connectivity index (χ3v) is 4.66. The first kappa shape index (κ1) is 11.5. The van der Waals surface area contributed by atoms with Gasteiger partial charge in [-0.3, -0.25) is 0 Å². The minimum atomic E-state index is -0.366. The van der Waals surface area contributed by atoms with Crippen molar-refractivity contribution in [1.29, 1.82) is 0 Å². The summed E-state index contributed by atoms with van der Waals surface area (Å²) in [6.45, 7) is 0.981.